The van der Waals surface area contributed by atoms with Crippen LogP contribution in [0.1, 0.15) is 40.5 Å². The van der Waals surface area contributed by atoms with Gasteiger partial charge in [0.15, 0.2) is 0 Å². The van der Waals surface area contributed by atoms with E-state index >= 15 is 0 Å². The molecule has 1 rings (SSSR count). The SMILES string of the molecule is C[C@@H](C(N)=O)N1CCC[C@H](C(=O)NCCNC(=O)OC(C)(C)C)C1. The summed E-state index contributed by atoms with van der Waals surface area (Å²) < 4.78 is 5.11. The van der Waals surface area contributed by atoms with Crippen molar-refractivity contribution in [1.29, 1.82) is 0 Å². The number of nitrogens with zero attached hydrogens (tertiary/aromatic N) is 1. The molecule has 24 heavy (non-hydrogen) atoms. The summed E-state index contributed by atoms with van der Waals surface area (Å²) in [5.41, 5.74) is 4.78. The van der Waals surface area contributed by atoms with Gasteiger partial charge in [-0.1, -0.05) is 0 Å². The van der Waals surface area contributed by atoms with Crippen molar-refractivity contribution in [3.8, 4) is 0 Å². The summed E-state index contributed by atoms with van der Waals surface area (Å²) in [6, 6.07) is -0.366. The van der Waals surface area contributed by atoms with Crippen molar-refractivity contribution in [3.63, 3.8) is 0 Å². The Morgan fingerprint density at radius 3 is 2.46 bits per heavy atom. The first-order valence-corrected chi connectivity index (χ1v) is 8.38. The van der Waals surface area contributed by atoms with Crippen LogP contribution in [0.4, 0.5) is 4.79 Å². The first-order chi connectivity index (χ1) is 11.1. The maximum absolute atomic E-state index is 12.2. The number of ether oxygens (including phenoxy) is 1. The number of carbonyl (C=O) groups is 3. The first-order valence-electron chi connectivity index (χ1n) is 8.38. The molecule has 0 aromatic heterocycles. The second-order valence-corrected chi connectivity index (χ2v) is 7.13. The summed E-state index contributed by atoms with van der Waals surface area (Å²) in [5.74, 6) is -0.609. The lowest BCUT2D eigenvalue weighted by molar-refractivity contribution is -0.129. The molecule has 1 aliphatic rings. The first kappa shape index (κ1) is 20.2. The van der Waals surface area contributed by atoms with Crippen molar-refractivity contribution >= 4 is 17.9 Å². The van der Waals surface area contributed by atoms with Crippen LogP contribution >= 0.6 is 0 Å². The molecular weight excluding hydrogens is 312 g/mol. The third kappa shape index (κ3) is 7.16. The zero-order valence-electron chi connectivity index (χ0n) is 15.1. The number of hydrogen-bond acceptors (Lipinski definition) is 5. The number of nitrogens with two attached hydrogens (primary N) is 1. The van der Waals surface area contributed by atoms with E-state index in [1.165, 1.54) is 0 Å². The molecule has 0 bridgehead atoms. The summed E-state index contributed by atoms with van der Waals surface area (Å²) in [5, 5.41) is 5.40. The highest BCUT2D eigenvalue weighted by atomic mass is 16.6. The van der Waals surface area contributed by atoms with Gasteiger partial charge in [0.2, 0.25) is 11.8 Å². The lowest BCUT2D eigenvalue weighted by atomic mass is 9.96. The van der Waals surface area contributed by atoms with Gasteiger partial charge in [0.05, 0.1) is 12.0 Å². The molecule has 1 aliphatic heterocycles. The lowest BCUT2D eigenvalue weighted by Gasteiger charge is -2.34. The van der Waals surface area contributed by atoms with E-state index in [-0.39, 0.29) is 23.8 Å². The number of piperidine rings is 1. The van der Waals surface area contributed by atoms with Gasteiger partial charge in [-0.05, 0) is 47.1 Å². The van der Waals surface area contributed by atoms with Crippen LogP contribution in [0.5, 0.6) is 0 Å². The van der Waals surface area contributed by atoms with E-state index in [4.69, 9.17) is 10.5 Å². The number of carbonyl (C=O) groups excluding carboxylic acids is 3. The molecule has 2 atom stereocenters. The topological polar surface area (TPSA) is 114 Å². The molecule has 8 heteroatoms. The number of likely N-dealkylation sites (tertiary alicyclic amines) is 1. The molecule has 0 aromatic carbocycles. The molecular formula is C16H30N4O4. The summed E-state index contributed by atoms with van der Waals surface area (Å²) in [6.45, 7) is 9.05. The van der Waals surface area contributed by atoms with Crippen molar-refractivity contribution in [2.24, 2.45) is 11.7 Å². The van der Waals surface area contributed by atoms with Crippen LogP contribution in [0, 0.1) is 5.92 Å². The van der Waals surface area contributed by atoms with Gasteiger partial charge in [-0.2, -0.15) is 0 Å². The van der Waals surface area contributed by atoms with E-state index in [2.05, 4.69) is 10.6 Å². The van der Waals surface area contributed by atoms with Crippen molar-refractivity contribution in [2.75, 3.05) is 26.2 Å². The molecule has 1 heterocycles. The van der Waals surface area contributed by atoms with Crippen molar-refractivity contribution < 1.29 is 19.1 Å². The maximum atomic E-state index is 12.2. The fourth-order valence-electron chi connectivity index (χ4n) is 2.56. The number of amides is 3. The normalized spacial score (nSPS) is 20.1. The molecule has 0 unspecified atom stereocenters. The Morgan fingerprint density at radius 1 is 1.25 bits per heavy atom. The quantitative estimate of drug-likeness (QED) is 0.597. The second-order valence-electron chi connectivity index (χ2n) is 7.13. The molecule has 0 spiro atoms. The van der Waals surface area contributed by atoms with Crippen LogP contribution < -0.4 is 16.4 Å². The zero-order chi connectivity index (χ0) is 18.3. The Balaban J connectivity index is 2.30. The second kappa shape index (κ2) is 8.86. The van der Waals surface area contributed by atoms with Gasteiger partial charge < -0.3 is 21.1 Å². The average molecular weight is 342 g/mol. The van der Waals surface area contributed by atoms with Crippen molar-refractivity contribution in [3.05, 3.63) is 0 Å². The summed E-state index contributed by atoms with van der Waals surface area (Å²) in [7, 11) is 0. The number of rotatable bonds is 6. The molecule has 0 aliphatic carbocycles. The van der Waals surface area contributed by atoms with Gasteiger partial charge in [-0.25, -0.2) is 4.79 Å². The molecule has 0 saturated carbocycles. The Kier molecular flexibility index (Phi) is 7.47. The van der Waals surface area contributed by atoms with Crippen molar-refractivity contribution in [2.45, 2.75) is 52.2 Å². The van der Waals surface area contributed by atoms with Crippen LogP contribution in [-0.2, 0) is 14.3 Å². The predicted octanol–water partition coefficient (Wildman–Crippen LogP) is 0.213. The van der Waals surface area contributed by atoms with Gasteiger partial charge in [-0.15, -0.1) is 0 Å². The molecule has 4 N–H and O–H groups in total. The highest BCUT2D eigenvalue weighted by Crippen LogP contribution is 2.18. The highest BCUT2D eigenvalue weighted by Gasteiger charge is 2.29. The van der Waals surface area contributed by atoms with Crippen molar-refractivity contribution in [1.82, 2.24) is 15.5 Å². The van der Waals surface area contributed by atoms with Gasteiger partial charge in [0.25, 0.3) is 0 Å². The van der Waals surface area contributed by atoms with Gasteiger partial charge in [0.1, 0.15) is 5.60 Å². The van der Waals surface area contributed by atoms with E-state index in [1.54, 1.807) is 27.7 Å². The summed E-state index contributed by atoms with van der Waals surface area (Å²) in [4.78, 5) is 36.9. The minimum atomic E-state index is -0.546. The molecule has 1 fully saturated rings. The molecule has 1 saturated heterocycles. The maximum Gasteiger partial charge on any atom is 0.407 e. The van der Waals surface area contributed by atoms with E-state index in [9.17, 15) is 14.4 Å². The zero-order valence-corrected chi connectivity index (χ0v) is 15.1. The number of nitrogens with one attached hydrogen (secondary N) is 2. The Hall–Kier alpha value is -1.83. The average Bonchev–Trinajstić information content (AvgIpc) is 2.48. The highest BCUT2D eigenvalue weighted by molar-refractivity contribution is 5.80. The lowest BCUT2D eigenvalue weighted by Crippen LogP contribution is -2.50. The predicted molar refractivity (Wildman–Crippen MR) is 90.2 cm³/mol. The van der Waals surface area contributed by atoms with Crippen LogP contribution in [0.3, 0.4) is 0 Å². The van der Waals surface area contributed by atoms with E-state index < -0.39 is 11.7 Å². The minimum Gasteiger partial charge on any atom is -0.444 e. The van der Waals surface area contributed by atoms with Gasteiger partial charge >= 0.3 is 6.09 Å². The molecule has 0 aromatic rings. The monoisotopic (exact) mass is 342 g/mol. The van der Waals surface area contributed by atoms with E-state index in [0.29, 0.717) is 19.6 Å². The summed E-state index contributed by atoms with van der Waals surface area (Å²) in [6.07, 6.45) is 1.13. The molecule has 138 valence electrons. The third-order valence-electron chi connectivity index (χ3n) is 3.88. The van der Waals surface area contributed by atoms with Gasteiger partial charge in [0, 0.05) is 19.6 Å². The van der Waals surface area contributed by atoms with E-state index in [1.807, 2.05) is 4.90 Å². The fraction of sp³-hybridized carbons (Fsp3) is 0.812. The molecule has 0 radical (unpaired) electrons. The van der Waals surface area contributed by atoms with Crippen LogP contribution in [-0.4, -0.2) is 60.6 Å². The number of primary amides is 1. The number of hydrogen-bond donors (Lipinski definition) is 3. The van der Waals surface area contributed by atoms with Crippen LogP contribution in [0.2, 0.25) is 0 Å². The van der Waals surface area contributed by atoms with Crippen LogP contribution in [0.25, 0.3) is 0 Å². The largest absolute Gasteiger partial charge is 0.444 e. The number of alkyl carbamates (subject to hydrolysis) is 1. The van der Waals surface area contributed by atoms with Crippen LogP contribution in [0.15, 0.2) is 0 Å². The standard InChI is InChI=1S/C16H30N4O4/c1-11(13(17)21)20-9-5-6-12(10-20)14(22)18-7-8-19-15(23)24-16(2,3)4/h11-12H,5-10H2,1-4H3,(H2,17,21)(H,18,22)(H,19,23)/t11-,12-/m0/s1. The minimum absolute atomic E-state index is 0.0673. The smallest absolute Gasteiger partial charge is 0.407 e. The molecule has 3 amide bonds. The summed E-state index contributed by atoms with van der Waals surface area (Å²) >= 11 is 0. The van der Waals surface area contributed by atoms with Gasteiger partial charge in [-0.3, -0.25) is 14.5 Å². The fourth-order valence-corrected chi connectivity index (χ4v) is 2.56. The Morgan fingerprint density at radius 2 is 1.88 bits per heavy atom. The third-order valence-corrected chi connectivity index (χ3v) is 3.88. The Bertz CT molecular complexity index is 461. The molecule has 8 nitrogen and oxygen atoms in total. The van der Waals surface area contributed by atoms with E-state index in [0.717, 1.165) is 19.4 Å². The Labute approximate surface area is 143 Å².